The van der Waals surface area contributed by atoms with Gasteiger partial charge in [-0.3, -0.25) is 19.1 Å². The lowest BCUT2D eigenvalue weighted by molar-refractivity contribution is -0.0437. The Morgan fingerprint density at radius 2 is 1.16 bits per heavy atom. The largest absolute Gasteiger partial charge is 0.394 e. The fourth-order valence-corrected chi connectivity index (χ4v) is 4.76. The molecule has 16 heteroatoms. The summed E-state index contributed by atoms with van der Waals surface area (Å²) in [5.41, 5.74) is 1.01. The molecule has 2 saturated heterocycles. The van der Waals surface area contributed by atoms with Crippen LogP contribution in [0.3, 0.4) is 0 Å². The van der Waals surface area contributed by atoms with Crippen molar-refractivity contribution in [2.24, 2.45) is 9.98 Å². The van der Waals surface area contributed by atoms with E-state index in [0.717, 1.165) is 0 Å². The van der Waals surface area contributed by atoms with Gasteiger partial charge in [0.1, 0.15) is 59.9 Å². The maximum absolute atomic E-state index is 9.89. The molecule has 0 unspecified atom stereocenters. The van der Waals surface area contributed by atoms with Gasteiger partial charge in [0.2, 0.25) is 0 Å². The highest BCUT2D eigenvalue weighted by molar-refractivity contribution is 5.76. The quantitative estimate of drug-likeness (QED) is 0.213. The Hall–Kier alpha value is -2.96. The van der Waals surface area contributed by atoms with Crippen molar-refractivity contribution in [3.8, 4) is 0 Å². The lowest BCUT2D eigenvalue weighted by Crippen LogP contribution is -2.24. The van der Waals surface area contributed by atoms with E-state index >= 15 is 0 Å². The molecule has 0 aromatic carbocycles. The van der Waals surface area contributed by atoms with E-state index in [4.69, 9.17) is 19.7 Å². The molecule has 8 atom stereocenters. The molecule has 38 heavy (non-hydrogen) atoms. The first-order valence-electron chi connectivity index (χ1n) is 12.3. The number of hydrogen-bond donors (Lipinski definition) is 8. The molecule has 0 amide bonds. The zero-order chi connectivity index (χ0) is 26.8. The molecular weight excluding hydrogens is 504 g/mol. The van der Waals surface area contributed by atoms with Crippen molar-refractivity contribution < 1.29 is 40.1 Å². The Balaban J connectivity index is 0.000000155. The number of aliphatic hydroxyl groups is 6. The van der Waals surface area contributed by atoms with E-state index in [1.807, 2.05) is 0 Å². The highest BCUT2D eigenvalue weighted by Gasteiger charge is 2.37. The Morgan fingerprint density at radius 3 is 1.53 bits per heavy atom. The molecule has 208 valence electrons. The molecule has 2 fully saturated rings. The standard InChI is InChI=1S/2C11H16N4O4/c2*16-3-8-6(17)1-9(19-8)15-5-14-10-7(18)2-12-4-13-11(10)15/h2*4-9,16-18H,1-3H2,(H,12,13)/t6-,7+,8-,9-;6-,7-,8-,9-/m11/s1. The van der Waals surface area contributed by atoms with E-state index < -0.39 is 49.1 Å². The highest BCUT2D eigenvalue weighted by Crippen LogP contribution is 2.35. The average Bonchev–Trinajstić information content (AvgIpc) is 3.65. The third-order valence-electron chi connectivity index (χ3n) is 6.81. The number of nitrogens with zero attached hydrogens (tertiary/aromatic N) is 6. The summed E-state index contributed by atoms with van der Waals surface area (Å²) in [5.74, 6) is 1.20. The molecule has 16 nitrogen and oxygen atoms in total. The average molecular weight is 537 g/mol. The summed E-state index contributed by atoms with van der Waals surface area (Å²) < 4.78 is 14.5. The molecule has 4 aliphatic heterocycles. The minimum atomic E-state index is -0.762. The van der Waals surface area contributed by atoms with E-state index in [9.17, 15) is 20.4 Å². The summed E-state index contributed by atoms with van der Waals surface area (Å²) in [5, 5.41) is 63.4. The second-order valence-corrected chi connectivity index (χ2v) is 9.31. The molecule has 2 aromatic heterocycles. The van der Waals surface area contributed by atoms with Gasteiger partial charge in [-0.05, 0) is 0 Å². The Morgan fingerprint density at radius 1 is 0.737 bits per heavy atom. The zero-order valence-corrected chi connectivity index (χ0v) is 20.4. The van der Waals surface area contributed by atoms with Crippen molar-refractivity contribution in [3.05, 3.63) is 24.0 Å². The summed E-state index contributed by atoms with van der Waals surface area (Å²) in [6.45, 7) is 0.0486. The molecular formula is C22H32N8O8. The van der Waals surface area contributed by atoms with Gasteiger partial charge in [-0.25, -0.2) is 9.97 Å². The maximum Gasteiger partial charge on any atom is 0.139 e. The molecule has 2 aromatic rings. The number of fused-ring (bicyclic) bond motifs is 2. The highest BCUT2D eigenvalue weighted by atomic mass is 16.5. The van der Waals surface area contributed by atoms with Crippen molar-refractivity contribution >= 4 is 24.3 Å². The third kappa shape index (κ3) is 5.16. The number of ether oxygens (including phenoxy) is 2. The van der Waals surface area contributed by atoms with Gasteiger partial charge in [-0.15, -0.1) is 0 Å². The Labute approximate surface area is 216 Å². The third-order valence-corrected chi connectivity index (χ3v) is 6.81. The summed E-state index contributed by atoms with van der Waals surface area (Å²) in [6, 6.07) is 0. The van der Waals surface area contributed by atoms with Crippen LogP contribution in [0.1, 0.15) is 48.9 Å². The second kappa shape index (κ2) is 11.4. The number of nitrogens with one attached hydrogen (secondary N) is 2. The van der Waals surface area contributed by atoms with Crippen LogP contribution >= 0.6 is 0 Å². The number of aromatic nitrogens is 4. The van der Waals surface area contributed by atoms with Crippen molar-refractivity contribution in [1.29, 1.82) is 0 Å². The van der Waals surface area contributed by atoms with Crippen LogP contribution in [0.4, 0.5) is 11.6 Å². The summed E-state index contributed by atoms with van der Waals surface area (Å²) in [7, 11) is 0. The predicted octanol–water partition coefficient (Wildman–Crippen LogP) is -1.98. The van der Waals surface area contributed by atoms with E-state index in [0.29, 0.717) is 35.9 Å². The molecule has 0 saturated carbocycles. The predicted molar refractivity (Wildman–Crippen MR) is 132 cm³/mol. The van der Waals surface area contributed by atoms with E-state index in [1.165, 1.54) is 12.7 Å². The van der Waals surface area contributed by atoms with Crippen LogP contribution in [-0.4, -0.2) is 113 Å². The van der Waals surface area contributed by atoms with Crippen LogP contribution in [-0.2, 0) is 9.47 Å². The lowest BCUT2D eigenvalue weighted by atomic mass is 10.2. The molecule has 0 spiro atoms. The van der Waals surface area contributed by atoms with E-state index in [1.54, 1.807) is 21.8 Å². The molecule has 8 N–H and O–H groups in total. The summed E-state index contributed by atoms with van der Waals surface area (Å²) in [6.07, 6.45) is 1.87. The van der Waals surface area contributed by atoms with E-state index in [2.05, 4.69) is 30.6 Å². The number of aliphatic hydroxyl groups excluding tert-OH is 6. The fourth-order valence-electron chi connectivity index (χ4n) is 4.76. The van der Waals surface area contributed by atoms with Gasteiger partial charge < -0.3 is 50.7 Å². The van der Waals surface area contributed by atoms with Crippen molar-refractivity contribution in [2.45, 2.75) is 61.9 Å². The number of anilines is 2. The summed E-state index contributed by atoms with van der Waals surface area (Å²) in [4.78, 5) is 16.3. The van der Waals surface area contributed by atoms with Crippen LogP contribution in [0.15, 0.2) is 22.6 Å². The van der Waals surface area contributed by atoms with Crippen LogP contribution < -0.4 is 10.6 Å². The first kappa shape index (κ1) is 26.6. The maximum atomic E-state index is 9.89. The molecule has 4 aliphatic rings. The van der Waals surface area contributed by atoms with Crippen LogP contribution in [0.25, 0.3) is 0 Å². The van der Waals surface area contributed by atoms with Crippen LogP contribution in [0, 0.1) is 0 Å². The number of imidazole rings is 2. The molecule has 6 heterocycles. The number of rotatable bonds is 4. The second-order valence-electron chi connectivity index (χ2n) is 9.31. The van der Waals surface area contributed by atoms with E-state index in [-0.39, 0.29) is 26.3 Å². The lowest BCUT2D eigenvalue weighted by Gasteiger charge is -2.16. The molecule has 0 aliphatic carbocycles. The van der Waals surface area contributed by atoms with Gasteiger partial charge in [0.15, 0.2) is 0 Å². The van der Waals surface area contributed by atoms with Crippen molar-refractivity contribution in [2.75, 3.05) is 36.9 Å². The molecule has 0 bridgehead atoms. The minimum absolute atomic E-state index is 0.230. The Bertz CT molecular complexity index is 1070. The van der Waals surface area contributed by atoms with Gasteiger partial charge in [-0.2, -0.15) is 0 Å². The SMILES string of the molecule is OC[C@H]1O[C@@H](n2cnc3c2NC=NC[C@@H]3O)C[C@H]1O.OC[C@H]1O[C@@H](n2cnc3c2NC=NC[C@H]3O)C[C@H]1O. The summed E-state index contributed by atoms with van der Waals surface area (Å²) >= 11 is 0. The topological polar surface area (TPSA) is 224 Å². The van der Waals surface area contributed by atoms with Crippen molar-refractivity contribution in [3.63, 3.8) is 0 Å². The monoisotopic (exact) mass is 536 g/mol. The van der Waals surface area contributed by atoms with Crippen molar-refractivity contribution in [1.82, 2.24) is 19.1 Å². The smallest absolute Gasteiger partial charge is 0.139 e. The van der Waals surface area contributed by atoms with Crippen LogP contribution in [0.2, 0.25) is 0 Å². The number of hydrogen-bond acceptors (Lipinski definition) is 14. The van der Waals surface area contributed by atoms with Crippen LogP contribution in [0.5, 0.6) is 0 Å². The fraction of sp³-hybridized carbons (Fsp3) is 0.636. The number of aliphatic imine (C=N–C) groups is 2. The zero-order valence-electron chi connectivity index (χ0n) is 20.4. The first-order chi connectivity index (χ1) is 18.4. The Kier molecular flexibility index (Phi) is 8.01. The first-order valence-corrected chi connectivity index (χ1v) is 12.3. The molecule has 6 rings (SSSR count). The normalized spacial score (nSPS) is 33.8. The van der Waals surface area contributed by atoms with Gasteiger partial charge in [0.25, 0.3) is 0 Å². The van der Waals surface area contributed by atoms with Gasteiger partial charge in [-0.1, -0.05) is 0 Å². The van der Waals surface area contributed by atoms with Gasteiger partial charge in [0.05, 0.1) is 63.8 Å². The minimum Gasteiger partial charge on any atom is -0.394 e. The van der Waals surface area contributed by atoms with Gasteiger partial charge >= 0.3 is 0 Å². The van der Waals surface area contributed by atoms with Gasteiger partial charge in [0, 0.05) is 12.8 Å². The molecule has 0 radical (unpaired) electrons.